The average Bonchev–Trinajstić information content (AvgIpc) is 3.17. The maximum absolute atomic E-state index is 5.36. The standard InChI is InChI=1S/C15H19N3O/c1-3-18(13-7-5-4-6-11(13)2)10-14-16-15(17-19-14)12-8-9-12/h4-7,12H,3,8-10H2,1-2H3. The highest BCUT2D eigenvalue weighted by atomic mass is 16.5. The number of para-hydroxylation sites is 1. The predicted molar refractivity (Wildman–Crippen MR) is 74.2 cm³/mol. The van der Waals surface area contributed by atoms with E-state index in [2.05, 4.69) is 53.2 Å². The minimum atomic E-state index is 0.547. The SMILES string of the molecule is CCN(Cc1nc(C2CC2)no1)c1ccccc1C. The van der Waals surface area contributed by atoms with Gasteiger partial charge in [0.15, 0.2) is 5.82 Å². The van der Waals surface area contributed by atoms with E-state index in [-0.39, 0.29) is 0 Å². The highest BCUT2D eigenvalue weighted by molar-refractivity contribution is 5.52. The maximum atomic E-state index is 5.36. The van der Waals surface area contributed by atoms with Crippen LogP contribution < -0.4 is 4.90 Å². The molecule has 0 N–H and O–H groups in total. The predicted octanol–water partition coefficient (Wildman–Crippen LogP) is 3.28. The van der Waals surface area contributed by atoms with Gasteiger partial charge in [-0.05, 0) is 38.3 Å². The number of aromatic nitrogens is 2. The maximum Gasteiger partial charge on any atom is 0.246 e. The lowest BCUT2D eigenvalue weighted by Crippen LogP contribution is -2.23. The molecule has 0 aliphatic heterocycles. The molecule has 1 aromatic heterocycles. The first-order chi connectivity index (χ1) is 9.28. The van der Waals surface area contributed by atoms with Gasteiger partial charge in [0, 0.05) is 18.2 Å². The van der Waals surface area contributed by atoms with Crippen molar-refractivity contribution in [3.05, 3.63) is 41.5 Å². The first-order valence-electron chi connectivity index (χ1n) is 6.91. The van der Waals surface area contributed by atoms with Crippen LogP contribution >= 0.6 is 0 Å². The van der Waals surface area contributed by atoms with Gasteiger partial charge in [-0.15, -0.1) is 0 Å². The second kappa shape index (κ2) is 5.03. The summed E-state index contributed by atoms with van der Waals surface area (Å²) in [4.78, 5) is 6.76. The van der Waals surface area contributed by atoms with Gasteiger partial charge in [-0.2, -0.15) is 4.98 Å². The van der Waals surface area contributed by atoms with Crippen molar-refractivity contribution in [2.24, 2.45) is 0 Å². The number of hydrogen-bond donors (Lipinski definition) is 0. The second-order valence-corrected chi connectivity index (χ2v) is 5.12. The first kappa shape index (κ1) is 12.2. The lowest BCUT2D eigenvalue weighted by Gasteiger charge is -2.22. The Morgan fingerprint density at radius 1 is 1.32 bits per heavy atom. The van der Waals surface area contributed by atoms with Crippen molar-refractivity contribution in [3.8, 4) is 0 Å². The summed E-state index contributed by atoms with van der Waals surface area (Å²) in [6.45, 7) is 5.87. The van der Waals surface area contributed by atoms with Gasteiger partial charge in [-0.25, -0.2) is 0 Å². The fraction of sp³-hybridized carbons (Fsp3) is 0.467. The van der Waals surface area contributed by atoms with Crippen molar-refractivity contribution < 1.29 is 4.52 Å². The van der Waals surface area contributed by atoms with E-state index in [1.54, 1.807) is 0 Å². The Morgan fingerprint density at radius 2 is 2.11 bits per heavy atom. The Kier molecular flexibility index (Phi) is 3.23. The van der Waals surface area contributed by atoms with Gasteiger partial charge in [-0.1, -0.05) is 23.4 Å². The molecule has 0 spiro atoms. The number of anilines is 1. The molecule has 4 heteroatoms. The third kappa shape index (κ3) is 2.62. The highest BCUT2D eigenvalue weighted by Crippen LogP contribution is 2.38. The van der Waals surface area contributed by atoms with Crippen molar-refractivity contribution in [3.63, 3.8) is 0 Å². The number of hydrogen-bond acceptors (Lipinski definition) is 4. The van der Waals surface area contributed by atoms with Crippen molar-refractivity contribution in [2.45, 2.75) is 39.2 Å². The van der Waals surface area contributed by atoms with Crippen molar-refractivity contribution >= 4 is 5.69 Å². The van der Waals surface area contributed by atoms with E-state index in [9.17, 15) is 0 Å². The Bertz CT molecular complexity index is 560. The van der Waals surface area contributed by atoms with Gasteiger partial charge in [0.25, 0.3) is 0 Å². The van der Waals surface area contributed by atoms with Crippen LogP contribution in [0.2, 0.25) is 0 Å². The third-order valence-electron chi connectivity index (χ3n) is 3.59. The molecule has 0 amide bonds. The molecule has 3 rings (SSSR count). The van der Waals surface area contributed by atoms with Crippen molar-refractivity contribution in [2.75, 3.05) is 11.4 Å². The van der Waals surface area contributed by atoms with Crippen LogP contribution in [0.5, 0.6) is 0 Å². The van der Waals surface area contributed by atoms with Crippen LogP contribution in [-0.4, -0.2) is 16.7 Å². The number of rotatable bonds is 5. The summed E-state index contributed by atoms with van der Waals surface area (Å²) in [7, 11) is 0. The average molecular weight is 257 g/mol. The summed E-state index contributed by atoms with van der Waals surface area (Å²) >= 11 is 0. The molecule has 2 aromatic rings. The highest BCUT2D eigenvalue weighted by Gasteiger charge is 2.29. The second-order valence-electron chi connectivity index (χ2n) is 5.12. The lowest BCUT2D eigenvalue weighted by atomic mass is 10.2. The molecule has 0 saturated heterocycles. The molecular formula is C15H19N3O. The minimum absolute atomic E-state index is 0.547. The van der Waals surface area contributed by atoms with Gasteiger partial charge in [0.1, 0.15) is 0 Å². The minimum Gasteiger partial charge on any atom is -0.362 e. The summed E-state index contributed by atoms with van der Waals surface area (Å²) in [5, 5.41) is 4.07. The van der Waals surface area contributed by atoms with E-state index < -0.39 is 0 Å². The Labute approximate surface area is 113 Å². The van der Waals surface area contributed by atoms with Crippen LogP contribution in [0.3, 0.4) is 0 Å². The van der Waals surface area contributed by atoms with E-state index in [1.165, 1.54) is 24.1 Å². The molecule has 19 heavy (non-hydrogen) atoms. The monoisotopic (exact) mass is 257 g/mol. The molecule has 0 atom stereocenters. The van der Waals surface area contributed by atoms with Crippen LogP contribution in [0, 0.1) is 6.92 Å². The summed E-state index contributed by atoms with van der Waals surface area (Å²) in [6.07, 6.45) is 2.41. The largest absolute Gasteiger partial charge is 0.362 e. The normalized spacial score (nSPS) is 14.6. The zero-order valence-electron chi connectivity index (χ0n) is 11.5. The van der Waals surface area contributed by atoms with E-state index >= 15 is 0 Å². The molecule has 4 nitrogen and oxygen atoms in total. The molecule has 0 bridgehead atoms. The molecule has 1 aliphatic carbocycles. The van der Waals surface area contributed by atoms with E-state index in [1.807, 2.05) is 0 Å². The van der Waals surface area contributed by atoms with Crippen LogP contribution in [0.4, 0.5) is 5.69 Å². The van der Waals surface area contributed by atoms with Gasteiger partial charge in [-0.3, -0.25) is 0 Å². The number of aryl methyl sites for hydroxylation is 1. The Hall–Kier alpha value is -1.84. The summed E-state index contributed by atoms with van der Waals surface area (Å²) < 4.78 is 5.36. The third-order valence-corrected chi connectivity index (χ3v) is 3.59. The lowest BCUT2D eigenvalue weighted by molar-refractivity contribution is 0.371. The molecular weight excluding hydrogens is 238 g/mol. The summed E-state index contributed by atoms with van der Waals surface area (Å²) in [6, 6.07) is 8.39. The number of nitrogens with zero attached hydrogens (tertiary/aromatic N) is 3. The molecule has 1 fully saturated rings. The van der Waals surface area contributed by atoms with Gasteiger partial charge in [0.05, 0.1) is 6.54 Å². The molecule has 1 aliphatic rings. The molecule has 1 heterocycles. The van der Waals surface area contributed by atoms with E-state index in [4.69, 9.17) is 4.52 Å². The van der Waals surface area contributed by atoms with Gasteiger partial charge >= 0.3 is 0 Å². The Balaban J connectivity index is 1.77. The smallest absolute Gasteiger partial charge is 0.246 e. The zero-order valence-corrected chi connectivity index (χ0v) is 11.5. The van der Waals surface area contributed by atoms with Crippen LogP contribution in [-0.2, 0) is 6.54 Å². The van der Waals surface area contributed by atoms with Gasteiger partial charge < -0.3 is 9.42 Å². The number of benzene rings is 1. The topological polar surface area (TPSA) is 42.2 Å². The first-order valence-corrected chi connectivity index (χ1v) is 6.91. The quantitative estimate of drug-likeness (QED) is 0.824. The van der Waals surface area contributed by atoms with Crippen molar-refractivity contribution in [1.29, 1.82) is 0 Å². The van der Waals surface area contributed by atoms with Gasteiger partial charge in [0.2, 0.25) is 5.89 Å². The zero-order chi connectivity index (χ0) is 13.2. The Morgan fingerprint density at radius 3 is 2.79 bits per heavy atom. The van der Waals surface area contributed by atoms with E-state index in [0.29, 0.717) is 18.4 Å². The van der Waals surface area contributed by atoms with E-state index in [0.717, 1.165) is 12.4 Å². The summed E-state index contributed by atoms with van der Waals surface area (Å²) in [5.74, 6) is 2.15. The molecule has 100 valence electrons. The molecule has 0 radical (unpaired) electrons. The molecule has 0 unspecified atom stereocenters. The van der Waals surface area contributed by atoms with Crippen LogP contribution in [0.15, 0.2) is 28.8 Å². The summed E-state index contributed by atoms with van der Waals surface area (Å²) in [5.41, 5.74) is 2.50. The molecule has 1 aromatic carbocycles. The van der Waals surface area contributed by atoms with Crippen molar-refractivity contribution in [1.82, 2.24) is 10.1 Å². The molecule has 1 saturated carbocycles. The van der Waals surface area contributed by atoms with Crippen LogP contribution in [0.1, 0.15) is 43.0 Å². The fourth-order valence-corrected chi connectivity index (χ4v) is 2.29. The van der Waals surface area contributed by atoms with Crippen LogP contribution in [0.25, 0.3) is 0 Å². The fourth-order valence-electron chi connectivity index (χ4n) is 2.29.